The van der Waals surface area contributed by atoms with Crippen LogP contribution < -0.4 is 11.1 Å². The first-order valence-corrected chi connectivity index (χ1v) is 7.17. The average Bonchev–Trinajstić information content (AvgIpc) is 2.29. The van der Waals surface area contributed by atoms with Crippen molar-refractivity contribution in [3.63, 3.8) is 0 Å². The Morgan fingerprint density at radius 2 is 2.12 bits per heavy atom. The minimum atomic E-state index is -0.381. The summed E-state index contributed by atoms with van der Waals surface area (Å²) in [7, 11) is 0. The molecule has 0 spiro atoms. The van der Waals surface area contributed by atoms with Gasteiger partial charge in [0.15, 0.2) is 0 Å². The molecule has 0 aliphatic carbocycles. The van der Waals surface area contributed by atoms with Gasteiger partial charge in [-0.1, -0.05) is 0 Å². The molecule has 1 rings (SSSR count). The van der Waals surface area contributed by atoms with E-state index in [-0.39, 0.29) is 36.3 Å². The third-order valence-electron chi connectivity index (χ3n) is 2.88. The van der Waals surface area contributed by atoms with Crippen LogP contribution in [-0.4, -0.2) is 43.2 Å². The van der Waals surface area contributed by atoms with Crippen molar-refractivity contribution in [1.82, 2.24) is 5.32 Å². The number of halogens is 1. The molecule has 0 aromatic rings. The van der Waals surface area contributed by atoms with E-state index in [1.165, 1.54) is 0 Å². The van der Waals surface area contributed by atoms with Crippen molar-refractivity contribution in [2.24, 2.45) is 11.7 Å². The van der Waals surface area contributed by atoms with E-state index in [9.17, 15) is 4.79 Å². The van der Waals surface area contributed by atoms with Crippen LogP contribution in [0.25, 0.3) is 0 Å². The second-order valence-electron chi connectivity index (χ2n) is 4.34. The molecular weight excluding hydrogens is 260 g/mol. The summed E-state index contributed by atoms with van der Waals surface area (Å²) < 4.78 is 5.26. The number of rotatable bonds is 5. The van der Waals surface area contributed by atoms with E-state index in [4.69, 9.17) is 10.5 Å². The number of hydrogen-bond acceptors (Lipinski definition) is 4. The van der Waals surface area contributed by atoms with Crippen molar-refractivity contribution in [2.75, 3.05) is 25.2 Å². The largest absolute Gasteiger partial charge is 0.381 e. The van der Waals surface area contributed by atoms with E-state index in [0.717, 1.165) is 31.8 Å². The molecule has 0 aromatic carbocycles. The van der Waals surface area contributed by atoms with Crippen LogP contribution in [0.3, 0.4) is 0 Å². The zero-order valence-electron chi connectivity index (χ0n) is 10.5. The Bertz CT molecular complexity index is 226. The molecule has 1 aliphatic heterocycles. The number of ether oxygens (including phenoxy) is 1. The molecule has 6 heteroatoms. The highest BCUT2D eigenvalue weighted by Crippen LogP contribution is 2.17. The van der Waals surface area contributed by atoms with Crippen molar-refractivity contribution in [2.45, 2.75) is 31.8 Å². The van der Waals surface area contributed by atoms with E-state index >= 15 is 0 Å². The van der Waals surface area contributed by atoms with Crippen LogP contribution in [0.1, 0.15) is 19.8 Å². The van der Waals surface area contributed by atoms with Gasteiger partial charge in [-0.3, -0.25) is 4.79 Å². The highest BCUT2D eigenvalue weighted by Gasteiger charge is 2.26. The van der Waals surface area contributed by atoms with E-state index in [2.05, 4.69) is 5.32 Å². The molecule has 1 aliphatic rings. The van der Waals surface area contributed by atoms with E-state index in [1.54, 1.807) is 11.8 Å². The smallest absolute Gasteiger partial charge is 0.237 e. The molecule has 0 aromatic heterocycles. The number of nitrogens with two attached hydrogens (primary N) is 1. The maximum Gasteiger partial charge on any atom is 0.237 e. The first-order chi connectivity index (χ1) is 7.65. The number of hydrogen-bond donors (Lipinski definition) is 2. The summed E-state index contributed by atoms with van der Waals surface area (Å²) in [5, 5.41) is 2.95. The fourth-order valence-corrected chi connectivity index (χ4v) is 2.50. The van der Waals surface area contributed by atoms with Crippen molar-refractivity contribution in [1.29, 1.82) is 0 Å². The van der Waals surface area contributed by atoms with Gasteiger partial charge in [-0.2, -0.15) is 11.8 Å². The standard InChI is InChI=1S/C11H22N2O2S.ClH/c1-8(7-16-2)13-11(14)10(12)9-3-5-15-6-4-9;/h8-10H,3-7,12H2,1-2H3,(H,13,14);1H. The van der Waals surface area contributed by atoms with Gasteiger partial charge in [0.25, 0.3) is 0 Å². The topological polar surface area (TPSA) is 64.4 Å². The molecule has 0 bridgehead atoms. The predicted octanol–water partition coefficient (Wildman–Crippen LogP) is 1.03. The van der Waals surface area contributed by atoms with Gasteiger partial charge in [0.2, 0.25) is 5.91 Å². The Morgan fingerprint density at radius 1 is 1.53 bits per heavy atom. The molecule has 1 amide bonds. The quantitative estimate of drug-likeness (QED) is 0.791. The second-order valence-corrected chi connectivity index (χ2v) is 5.25. The summed E-state index contributed by atoms with van der Waals surface area (Å²) >= 11 is 1.72. The normalized spacial score (nSPS) is 20.2. The summed E-state index contributed by atoms with van der Waals surface area (Å²) in [5.74, 6) is 1.18. The Balaban J connectivity index is 0.00000256. The van der Waals surface area contributed by atoms with Gasteiger partial charge in [-0.15, -0.1) is 12.4 Å². The maximum absolute atomic E-state index is 11.8. The molecule has 2 unspecified atom stereocenters. The van der Waals surface area contributed by atoms with Crippen LogP contribution in [0, 0.1) is 5.92 Å². The molecule has 0 saturated carbocycles. The summed E-state index contributed by atoms with van der Waals surface area (Å²) in [6.07, 6.45) is 3.82. The molecule has 1 saturated heterocycles. The minimum Gasteiger partial charge on any atom is -0.381 e. The Kier molecular flexibility index (Phi) is 9.04. The molecule has 17 heavy (non-hydrogen) atoms. The molecule has 1 fully saturated rings. The molecule has 3 N–H and O–H groups in total. The van der Waals surface area contributed by atoms with Crippen LogP contribution in [0.4, 0.5) is 0 Å². The van der Waals surface area contributed by atoms with Crippen molar-refractivity contribution in [3.05, 3.63) is 0 Å². The number of carbonyl (C=O) groups is 1. The van der Waals surface area contributed by atoms with Gasteiger partial charge in [-0.25, -0.2) is 0 Å². The van der Waals surface area contributed by atoms with Crippen LogP contribution in [0.15, 0.2) is 0 Å². The molecule has 2 atom stereocenters. The van der Waals surface area contributed by atoms with E-state index in [0.29, 0.717) is 0 Å². The lowest BCUT2D eigenvalue weighted by molar-refractivity contribution is -0.124. The lowest BCUT2D eigenvalue weighted by Crippen LogP contribution is -2.49. The minimum absolute atomic E-state index is 0. The van der Waals surface area contributed by atoms with Gasteiger partial charge in [-0.05, 0) is 31.9 Å². The van der Waals surface area contributed by atoms with Gasteiger partial charge in [0.05, 0.1) is 6.04 Å². The van der Waals surface area contributed by atoms with E-state index < -0.39 is 0 Å². The fraction of sp³-hybridized carbons (Fsp3) is 0.909. The molecule has 4 nitrogen and oxygen atoms in total. The lowest BCUT2D eigenvalue weighted by atomic mass is 9.92. The Labute approximate surface area is 114 Å². The molecule has 0 radical (unpaired) electrons. The summed E-state index contributed by atoms with van der Waals surface area (Å²) in [6.45, 7) is 3.46. The lowest BCUT2D eigenvalue weighted by Gasteiger charge is -2.27. The zero-order valence-corrected chi connectivity index (χ0v) is 12.1. The first-order valence-electron chi connectivity index (χ1n) is 5.77. The van der Waals surface area contributed by atoms with Gasteiger partial charge in [0.1, 0.15) is 0 Å². The number of carbonyl (C=O) groups excluding carboxylic acids is 1. The second kappa shape index (κ2) is 9.03. The third kappa shape index (κ3) is 5.95. The zero-order chi connectivity index (χ0) is 12.0. The van der Waals surface area contributed by atoms with Gasteiger partial charge in [0, 0.05) is 25.0 Å². The molecule has 102 valence electrons. The molecule has 1 heterocycles. The highest BCUT2D eigenvalue weighted by molar-refractivity contribution is 7.98. The third-order valence-corrected chi connectivity index (χ3v) is 3.72. The van der Waals surface area contributed by atoms with Crippen LogP contribution in [-0.2, 0) is 9.53 Å². The summed E-state index contributed by atoms with van der Waals surface area (Å²) in [5.41, 5.74) is 5.96. The van der Waals surface area contributed by atoms with Crippen molar-refractivity contribution >= 4 is 30.1 Å². The monoisotopic (exact) mass is 282 g/mol. The van der Waals surface area contributed by atoms with Crippen LogP contribution in [0.5, 0.6) is 0 Å². The summed E-state index contributed by atoms with van der Waals surface area (Å²) in [6, 6.07) is -0.193. The highest BCUT2D eigenvalue weighted by atomic mass is 35.5. The SMILES string of the molecule is CSCC(C)NC(=O)C(N)C1CCOCC1.Cl. The molecular formula is C11H23ClN2O2S. The Hall–Kier alpha value is 0.0300. The van der Waals surface area contributed by atoms with Crippen LogP contribution >= 0.6 is 24.2 Å². The fourth-order valence-electron chi connectivity index (χ4n) is 1.92. The predicted molar refractivity (Wildman–Crippen MR) is 74.8 cm³/mol. The maximum atomic E-state index is 11.8. The van der Waals surface area contributed by atoms with Crippen molar-refractivity contribution < 1.29 is 9.53 Å². The number of nitrogens with one attached hydrogen (secondary N) is 1. The summed E-state index contributed by atoms with van der Waals surface area (Å²) in [4.78, 5) is 11.8. The first kappa shape index (κ1) is 17.0. The van der Waals surface area contributed by atoms with Gasteiger partial charge < -0.3 is 15.8 Å². The Morgan fingerprint density at radius 3 is 2.65 bits per heavy atom. The van der Waals surface area contributed by atoms with Gasteiger partial charge >= 0.3 is 0 Å². The number of amides is 1. The average molecular weight is 283 g/mol. The van der Waals surface area contributed by atoms with Crippen LogP contribution in [0.2, 0.25) is 0 Å². The number of thioether (sulfide) groups is 1. The van der Waals surface area contributed by atoms with Crippen molar-refractivity contribution in [3.8, 4) is 0 Å². The van der Waals surface area contributed by atoms with E-state index in [1.807, 2.05) is 13.2 Å².